The first kappa shape index (κ1) is 11.1. The van der Waals surface area contributed by atoms with Crippen LogP contribution in [0.1, 0.15) is 5.56 Å². The number of methoxy groups -OCH3 is 2. The molecule has 0 amide bonds. The van der Waals surface area contributed by atoms with Crippen LogP contribution >= 0.6 is 23.8 Å². The van der Waals surface area contributed by atoms with Crippen molar-refractivity contribution in [3.05, 3.63) is 22.7 Å². The first-order valence-corrected chi connectivity index (χ1v) is 4.60. The Morgan fingerprint density at radius 3 is 2.29 bits per heavy atom. The normalized spacial score (nSPS) is 9.64. The largest absolute Gasteiger partial charge is 0.496 e. The minimum Gasteiger partial charge on any atom is -0.496 e. The summed E-state index contributed by atoms with van der Waals surface area (Å²) in [6, 6.07) is 3.28. The van der Waals surface area contributed by atoms with Crippen molar-refractivity contribution in [2.45, 2.75) is 0 Å². The molecule has 0 saturated carbocycles. The molecule has 0 atom stereocenters. The highest BCUT2D eigenvalue weighted by Gasteiger charge is 2.11. The lowest BCUT2D eigenvalue weighted by molar-refractivity contribution is 0.402. The van der Waals surface area contributed by atoms with E-state index in [-0.39, 0.29) is 4.99 Å². The molecule has 0 saturated heterocycles. The predicted octanol–water partition coefficient (Wildman–Crippen LogP) is 1.99. The molecule has 0 aliphatic carbocycles. The lowest BCUT2D eigenvalue weighted by atomic mass is 10.2. The summed E-state index contributed by atoms with van der Waals surface area (Å²) < 4.78 is 10.1. The van der Waals surface area contributed by atoms with Gasteiger partial charge in [-0.15, -0.1) is 0 Å². The van der Waals surface area contributed by atoms with Gasteiger partial charge in [-0.05, 0) is 6.07 Å². The molecule has 0 aliphatic rings. The second kappa shape index (κ2) is 4.48. The molecular weight excluding hydrogens is 222 g/mol. The molecule has 0 aromatic heterocycles. The summed E-state index contributed by atoms with van der Waals surface area (Å²) in [6.07, 6.45) is 0. The van der Waals surface area contributed by atoms with Crippen LogP contribution in [0.25, 0.3) is 0 Å². The van der Waals surface area contributed by atoms with Gasteiger partial charge in [0.05, 0.1) is 24.8 Å². The van der Waals surface area contributed by atoms with Crippen LogP contribution in [0, 0.1) is 0 Å². The summed E-state index contributed by atoms with van der Waals surface area (Å²) in [5, 5.41) is 0.462. The summed E-state index contributed by atoms with van der Waals surface area (Å²) in [6.45, 7) is 0. The molecule has 14 heavy (non-hydrogen) atoms. The summed E-state index contributed by atoms with van der Waals surface area (Å²) in [4.78, 5) is 0.247. The van der Waals surface area contributed by atoms with E-state index < -0.39 is 0 Å². The molecule has 2 N–H and O–H groups in total. The molecule has 0 unspecified atom stereocenters. The molecule has 0 fully saturated rings. The number of nitrogens with two attached hydrogens (primary N) is 1. The van der Waals surface area contributed by atoms with Crippen molar-refractivity contribution in [2.75, 3.05) is 14.2 Å². The highest BCUT2D eigenvalue weighted by atomic mass is 35.5. The Labute approximate surface area is 92.8 Å². The van der Waals surface area contributed by atoms with E-state index in [0.29, 0.717) is 22.1 Å². The lowest BCUT2D eigenvalue weighted by Gasteiger charge is -2.10. The summed E-state index contributed by atoms with van der Waals surface area (Å²) in [5.41, 5.74) is 6.13. The van der Waals surface area contributed by atoms with E-state index in [0.717, 1.165) is 0 Å². The predicted molar refractivity (Wildman–Crippen MR) is 60.4 cm³/mol. The molecule has 0 spiro atoms. The molecule has 5 heteroatoms. The van der Waals surface area contributed by atoms with Crippen LogP contribution in [0.2, 0.25) is 5.02 Å². The lowest BCUT2D eigenvalue weighted by Crippen LogP contribution is -2.11. The number of ether oxygens (including phenoxy) is 2. The molecule has 0 radical (unpaired) electrons. The zero-order valence-electron chi connectivity index (χ0n) is 7.83. The van der Waals surface area contributed by atoms with Gasteiger partial charge in [-0.2, -0.15) is 0 Å². The Kier molecular flexibility index (Phi) is 3.55. The number of benzene rings is 1. The van der Waals surface area contributed by atoms with Gasteiger partial charge in [0.2, 0.25) is 0 Å². The van der Waals surface area contributed by atoms with Gasteiger partial charge in [0.25, 0.3) is 0 Å². The van der Waals surface area contributed by atoms with Gasteiger partial charge in [-0.3, -0.25) is 0 Å². The van der Waals surface area contributed by atoms with E-state index in [2.05, 4.69) is 0 Å². The smallest absolute Gasteiger partial charge is 0.138 e. The number of hydrogen-bond acceptors (Lipinski definition) is 3. The van der Waals surface area contributed by atoms with Crippen molar-refractivity contribution in [1.29, 1.82) is 0 Å². The van der Waals surface area contributed by atoms with Crippen molar-refractivity contribution < 1.29 is 9.47 Å². The monoisotopic (exact) mass is 231 g/mol. The van der Waals surface area contributed by atoms with E-state index in [4.69, 9.17) is 39.0 Å². The van der Waals surface area contributed by atoms with Crippen LogP contribution < -0.4 is 15.2 Å². The van der Waals surface area contributed by atoms with Crippen LogP contribution in [0.15, 0.2) is 12.1 Å². The molecule has 3 nitrogen and oxygen atoms in total. The van der Waals surface area contributed by atoms with Gasteiger partial charge in [0.15, 0.2) is 0 Å². The SMILES string of the molecule is COc1cc(C(N)=S)c(OC)cc1Cl. The fourth-order valence-electron chi connectivity index (χ4n) is 1.05. The van der Waals surface area contributed by atoms with E-state index in [1.165, 1.54) is 14.2 Å². The maximum absolute atomic E-state index is 5.90. The van der Waals surface area contributed by atoms with E-state index in [1.54, 1.807) is 12.1 Å². The van der Waals surface area contributed by atoms with Crippen molar-refractivity contribution in [3.8, 4) is 11.5 Å². The number of hydrogen-bond donors (Lipinski definition) is 1. The summed E-state index contributed by atoms with van der Waals surface area (Å²) in [5.74, 6) is 1.07. The van der Waals surface area contributed by atoms with Crippen LogP contribution in [-0.4, -0.2) is 19.2 Å². The van der Waals surface area contributed by atoms with Gasteiger partial charge < -0.3 is 15.2 Å². The Bertz CT molecular complexity index is 368. The van der Waals surface area contributed by atoms with Crippen molar-refractivity contribution in [3.63, 3.8) is 0 Å². The minimum atomic E-state index is 0.247. The third-order valence-electron chi connectivity index (χ3n) is 1.74. The quantitative estimate of drug-likeness (QED) is 0.809. The number of halogens is 1. The van der Waals surface area contributed by atoms with Crippen molar-refractivity contribution in [1.82, 2.24) is 0 Å². The van der Waals surface area contributed by atoms with Crippen LogP contribution in [0.4, 0.5) is 0 Å². The van der Waals surface area contributed by atoms with Crippen LogP contribution in [0.3, 0.4) is 0 Å². The third kappa shape index (κ3) is 2.08. The Hall–Kier alpha value is -1.00. The van der Waals surface area contributed by atoms with Gasteiger partial charge in [-0.25, -0.2) is 0 Å². The van der Waals surface area contributed by atoms with Gasteiger partial charge in [0.1, 0.15) is 16.5 Å². The number of thiocarbonyl (C=S) groups is 1. The van der Waals surface area contributed by atoms with E-state index >= 15 is 0 Å². The van der Waals surface area contributed by atoms with E-state index in [9.17, 15) is 0 Å². The molecule has 0 aliphatic heterocycles. The topological polar surface area (TPSA) is 44.5 Å². The summed E-state index contributed by atoms with van der Waals surface area (Å²) >= 11 is 10.8. The fourth-order valence-corrected chi connectivity index (χ4v) is 1.44. The van der Waals surface area contributed by atoms with Crippen LogP contribution in [-0.2, 0) is 0 Å². The minimum absolute atomic E-state index is 0.247. The molecule has 1 rings (SSSR count). The molecule has 76 valence electrons. The summed E-state index contributed by atoms with van der Waals surface area (Å²) in [7, 11) is 3.05. The average Bonchev–Trinajstić information content (AvgIpc) is 2.16. The van der Waals surface area contributed by atoms with Crippen LogP contribution in [0.5, 0.6) is 11.5 Å². The average molecular weight is 232 g/mol. The zero-order chi connectivity index (χ0) is 10.7. The molecule has 1 aromatic carbocycles. The second-order valence-corrected chi connectivity index (χ2v) is 3.40. The first-order chi connectivity index (χ1) is 6.60. The molecule has 1 aromatic rings. The molecule has 0 bridgehead atoms. The zero-order valence-corrected chi connectivity index (χ0v) is 9.41. The van der Waals surface area contributed by atoms with Crippen molar-refractivity contribution >= 4 is 28.8 Å². The maximum Gasteiger partial charge on any atom is 0.138 e. The third-order valence-corrected chi connectivity index (χ3v) is 2.25. The van der Waals surface area contributed by atoms with E-state index in [1.807, 2.05) is 0 Å². The Balaban J connectivity index is 3.32. The molecular formula is C9H10ClNO2S. The Morgan fingerprint density at radius 2 is 1.86 bits per heavy atom. The molecule has 0 heterocycles. The van der Waals surface area contributed by atoms with Gasteiger partial charge in [0, 0.05) is 6.07 Å². The highest BCUT2D eigenvalue weighted by Crippen LogP contribution is 2.32. The second-order valence-electron chi connectivity index (χ2n) is 2.55. The standard InChI is InChI=1S/C9H10ClNO2S/c1-12-7-4-6(10)8(13-2)3-5(7)9(11)14/h3-4H,1-2H3,(H2,11,14). The van der Waals surface area contributed by atoms with Gasteiger partial charge in [-0.1, -0.05) is 23.8 Å². The van der Waals surface area contributed by atoms with Crippen molar-refractivity contribution in [2.24, 2.45) is 5.73 Å². The highest BCUT2D eigenvalue weighted by molar-refractivity contribution is 7.80. The number of rotatable bonds is 3. The first-order valence-electron chi connectivity index (χ1n) is 3.81. The Morgan fingerprint density at radius 1 is 1.29 bits per heavy atom. The maximum atomic E-state index is 5.90. The van der Waals surface area contributed by atoms with Gasteiger partial charge >= 0.3 is 0 Å². The fraction of sp³-hybridized carbons (Fsp3) is 0.222.